The molecule has 2 aromatic heterocycles. The number of aromatic nitrogens is 1. The molecule has 0 fully saturated rings. The highest BCUT2D eigenvalue weighted by atomic mass is 16.5. The lowest BCUT2D eigenvalue weighted by Gasteiger charge is -2.06. The lowest BCUT2D eigenvalue weighted by atomic mass is 10.1. The Hall–Kier alpha value is -3.07. The molecule has 112 valence electrons. The Morgan fingerprint density at radius 3 is 2.48 bits per heavy atom. The van der Waals surface area contributed by atoms with Crippen LogP contribution in [0.3, 0.4) is 0 Å². The van der Waals surface area contributed by atoms with Gasteiger partial charge in [-0.25, -0.2) is 0 Å². The number of rotatable bonds is 3. The number of carbonyl (C=O) groups excluding carboxylic acids is 1. The minimum absolute atomic E-state index is 0.00272. The van der Waals surface area contributed by atoms with E-state index >= 15 is 0 Å². The number of nitrogens with zero attached hydrogens (tertiary/aromatic N) is 1. The summed E-state index contributed by atoms with van der Waals surface area (Å²) in [5.74, 6) is 0.746. The molecular weight excluding hydrogens is 286 g/mol. The predicted octanol–water partition coefficient (Wildman–Crippen LogP) is 4.33. The van der Waals surface area contributed by atoms with Crippen molar-refractivity contribution in [3.05, 3.63) is 84.2 Å². The molecule has 0 N–H and O–H groups in total. The largest absolute Gasteiger partial charge is 0.497 e. The van der Waals surface area contributed by atoms with Crippen LogP contribution in [-0.4, -0.2) is 17.3 Å². The van der Waals surface area contributed by atoms with Crippen molar-refractivity contribution in [3.63, 3.8) is 0 Å². The topological polar surface area (TPSA) is 30.7 Å². The molecule has 0 saturated heterocycles. The van der Waals surface area contributed by atoms with Crippen LogP contribution < -0.4 is 4.74 Å². The van der Waals surface area contributed by atoms with Crippen molar-refractivity contribution < 1.29 is 9.53 Å². The van der Waals surface area contributed by atoms with Crippen molar-refractivity contribution in [2.45, 2.75) is 0 Å². The van der Waals surface area contributed by atoms with Gasteiger partial charge < -0.3 is 9.14 Å². The summed E-state index contributed by atoms with van der Waals surface area (Å²) in [6.45, 7) is 0. The lowest BCUT2D eigenvalue weighted by Crippen LogP contribution is -2.05. The Kier molecular flexibility index (Phi) is 3.12. The third-order valence-corrected chi connectivity index (χ3v) is 4.14. The Balaban J connectivity index is 1.85. The van der Waals surface area contributed by atoms with Gasteiger partial charge in [-0.3, -0.25) is 4.79 Å². The second kappa shape index (κ2) is 5.29. The van der Waals surface area contributed by atoms with E-state index in [4.69, 9.17) is 4.74 Å². The van der Waals surface area contributed by atoms with E-state index in [2.05, 4.69) is 12.1 Å². The molecule has 3 heteroatoms. The number of benzene rings is 2. The first kappa shape index (κ1) is 13.6. The molecule has 3 nitrogen and oxygen atoms in total. The number of fused-ring (bicyclic) bond motifs is 3. The minimum Gasteiger partial charge on any atom is -0.497 e. The molecular formula is C20H15NO2. The summed E-state index contributed by atoms with van der Waals surface area (Å²) >= 11 is 0. The van der Waals surface area contributed by atoms with E-state index in [-0.39, 0.29) is 5.78 Å². The Labute approximate surface area is 133 Å². The van der Waals surface area contributed by atoms with E-state index in [0.717, 1.165) is 16.7 Å². The molecule has 0 radical (unpaired) electrons. The number of ketones is 1. The fraction of sp³-hybridized carbons (Fsp3) is 0.0500. The first-order valence-electron chi connectivity index (χ1n) is 7.45. The molecule has 0 aliphatic heterocycles. The van der Waals surface area contributed by atoms with Gasteiger partial charge in [0.15, 0.2) is 0 Å². The molecule has 0 aliphatic carbocycles. The maximum atomic E-state index is 12.8. The van der Waals surface area contributed by atoms with Crippen LogP contribution in [0.2, 0.25) is 0 Å². The molecule has 2 heterocycles. The van der Waals surface area contributed by atoms with Crippen molar-refractivity contribution in [3.8, 4) is 5.75 Å². The number of carbonyl (C=O) groups is 1. The number of pyridine rings is 1. The van der Waals surface area contributed by atoms with E-state index < -0.39 is 0 Å². The molecule has 0 unspecified atom stereocenters. The second-order valence-corrected chi connectivity index (χ2v) is 5.43. The van der Waals surface area contributed by atoms with Crippen molar-refractivity contribution in [2.75, 3.05) is 7.11 Å². The molecule has 23 heavy (non-hydrogen) atoms. The normalized spacial score (nSPS) is 11.0. The van der Waals surface area contributed by atoms with Crippen molar-refractivity contribution in [2.24, 2.45) is 0 Å². The van der Waals surface area contributed by atoms with Crippen molar-refractivity contribution in [1.82, 2.24) is 4.40 Å². The third-order valence-electron chi connectivity index (χ3n) is 4.14. The van der Waals surface area contributed by atoms with Gasteiger partial charge >= 0.3 is 0 Å². The van der Waals surface area contributed by atoms with Crippen LogP contribution in [0, 0.1) is 0 Å². The van der Waals surface area contributed by atoms with Gasteiger partial charge in [0.2, 0.25) is 5.78 Å². The maximum Gasteiger partial charge on any atom is 0.209 e. The van der Waals surface area contributed by atoms with Crippen LogP contribution in [-0.2, 0) is 0 Å². The molecule has 2 aromatic carbocycles. The fourth-order valence-electron chi connectivity index (χ4n) is 2.93. The van der Waals surface area contributed by atoms with Gasteiger partial charge in [0.25, 0.3) is 0 Å². The van der Waals surface area contributed by atoms with E-state index in [9.17, 15) is 4.79 Å². The van der Waals surface area contributed by atoms with E-state index in [1.165, 1.54) is 5.39 Å². The molecule has 0 bridgehead atoms. The van der Waals surface area contributed by atoms with Gasteiger partial charge in [0.1, 0.15) is 5.75 Å². The zero-order valence-corrected chi connectivity index (χ0v) is 12.7. The lowest BCUT2D eigenvalue weighted by molar-refractivity contribution is 0.103. The zero-order chi connectivity index (χ0) is 15.8. The molecule has 0 spiro atoms. The number of hydrogen-bond donors (Lipinski definition) is 0. The number of methoxy groups -OCH3 is 1. The highest BCUT2D eigenvalue weighted by Crippen LogP contribution is 2.23. The van der Waals surface area contributed by atoms with Gasteiger partial charge in [-0.05, 0) is 47.9 Å². The van der Waals surface area contributed by atoms with Crippen LogP contribution in [0.15, 0.2) is 72.9 Å². The molecule has 0 atom stereocenters. The zero-order valence-electron chi connectivity index (χ0n) is 12.7. The SMILES string of the molecule is COc1ccc(C(=O)c2ccc3c4ccccc4ccn23)cc1. The monoisotopic (exact) mass is 301 g/mol. The quantitative estimate of drug-likeness (QED) is 0.527. The summed E-state index contributed by atoms with van der Waals surface area (Å²) in [7, 11) is 1.61. The van der Waals surface area contributed by atoms with Crippen LogP contribution in [0.5, 0.6) is 5.75 Å². The first-order valence-corrected chi connectivity index (χ1v) is 7.45. The van der Waals surface area contributed by atoms with Crippen LogP contribution in [0.25, 0.3) is 16.3 Å². The van der Waals surface area contributed by atoms with Gasteiger partial charge in [0, 0.05) is 17.1 Å². The summed E-state index contributed by atoms with van der Waals surface area (Å²) in [6, 6.07) is 21.3. The molecule has 0 aliphatic rings. The average Bonchev–Trinajstić information content (AvgIpc) is 3.05. The molecule has 0 amide bonds. The van der Waals surface area contributed by atoms with Gasteiger partial charge in [-0.2, -0.15) is 0 Å². The average molecular weight is 301 g/mol. The molecule has 0 saturated carbocycles. The summed E-state index contributed by atoms with van der Waals surface area (Å²) in [5, 5.41) is 2.31. The third kappa shape index (κ3) is 2.18. The van der Waals surface area contributed by atoms with Crippen LogP contribution >= 0.6 is 0 Å². The molecule has 4 aromatic rings. The number of ether oxygens (including phenoxy) is 1. The molecule has 4 rings (SSSR count). The van der Waals surface area contributed by atoms with E-state index in [1.54, 1.807) is 31.4 Å². The Bertz CT molecular complexity index is 1010. The summed E-state index contributed by atoms with van der Waals surface area (Å²) in [5.41, 5.74) is 2.36. The minimum atomic E-state index is 0.00272. The van der Waals surface area contributed by atoms with Crippen molar-refractivity contribution >= 4 is 22.1 Å². The summed E-state index contributed by atoms with van der Waals surface area (Å²) in [6.07, 6.45) is 1.95. The Morgan fingerprint density at radius 1 is 0.913 bits per heavy atom. The summed E-state index contributed by atoms with van der Waals surface area (Å²) in [4.78, 5) is 12.8. The fourth-order valence-corrected chi connectivity index (χ4v) is 2.93. The smallest absolute Gasteiger partial charge is 0.209 e. The first-order chi connectivity index (χ1) is 11.3. The van der Waals surface area contributed by atoms with E-state index in [0.29, 0.717) is 11.3 Å². The highest BCUT2D eigenvalue weighted by molar-refractivity contribution is 6.10. The maximum absolute atomic E-state index is 12.8. The van der Waals surface area contributed by atoms with E-state index in [1.807, 2.05) is 40.9 Å². The second-order valence-electron chi connectivity index (χ2n) is 5.43. The standard InChI is InChI=1S/C20H15NO2/c1-23-16-8-6-15(7-9-16)20(22)19-11-10-18-17-5-3-2-4-14(17)12-13-21(18)19/h2-13H,1H3. The van der Waals surface area contributed by atoms with Gasteiger partial charge in [-0.15, -0.1) is 0 Å². The van der Waals surface area contributed by atoms with Crippen LogP contribution in [0.4, 0.5) is 0 Å². The van der Waals surface area contributed by atoms with Crippen LogP contribution in [0.1, 0.15) is 16.1 Å². The van der Waals surface area contributed by atoms with Gasteiger partial charge in [0.05, 0.1) is 18.3 Å². The Morgan fingerprint density at radius 2 is 1.70 bits per heavy atom. The summed E-state index contributed by atoms with van der Waals surface area (Å²) < 4.78 is 7.09. The highest BCUT2D eigenvalue weighted by Gasteiger charge is 2.14. The van der Waals surface area contributed by atoms with Crippen molar-refractivity contribution in [1.29, 1.82) is 0 Å². The van der Waals surface area contributed by atoms with Gasteiger partial charge in [-0.1, -0.05) is 24.3 Å². The predicted molar refractivity (Wildman–Crippen MR) is 91.3 cm³/mol. The number of hydrogen-bond acceptors (Lipinski definition) is 2.